The summed E-state index contributed by atoms with van der Waals surface area (Å²) < 4.78 is 13.1. The van der Waals surface area contributed by atoms with E-state index in [1.54, 1.807) is 24.3 Å². The lowest BCUT2D eigenvalue weighted by molar-refractivity contribution is -0.385. The molecular weight excluding hydrogens is 349 g/mol. The quantitative estimate of drug-likeness (QED) is 0.435. The van der Waals surface area contributed by atoms with Crippen molar-refractivity contribution in [2.75, 3.05) is 0 Å². The molecular formula is C14H10BrClFNO2. The summed E-state index contributed by atoms with van der Waals surface area (Å²) in [5, 5.41) is 11.0. The van der Waals surface area contributed by atoms with Crippen LogP contribution in [0.1, 0.15) is 16.0 Å². The van der Waals surface area contributed by atoms with Gasteiger partial charge in [-0.3, -0.25) is 10.1 Å². The first kappa shape index (κ1) is 14.9. The molecule has 0 saturated carbocycles. The molecule has 0 bridgehead atoms. The highest BCUT2D eigenvalue weighted by molar-refractivity contribution is 9.09. The summed E-state index contributed by atoms with van der Waals surface area (Å²) in [6.07, 6.45) is 0.416. The number of hydrogen-bond acceptors (Lipinski definition) is 2. The van der Waals surface area contributed by atoms with Crippen molar-refractivity contribution in [1.29, 1.82) is 0 Å². The minimum Gasteiger partial charge on any atom is -0.258 e. The van der Waals surface area contributed by atoms with E-state index in [1.165, 1.54) is 18.2 Å². The summed E-state index contributed by atoms with van der Waals surface area (Å²) in [7, 11) is 0. The average molecular weight is 359 g/mol. The van der Waals surface area contributed by atoms with Crippen molar-refractivity contribution < 1.29 is 9.31 Å². The predicted octanol–water partition coefficient (Wildman–Crippen LogP) is 5.07. The van der Waals surface area contributed by atoms with E-state index in [1.807, 2.05) is 0 Å². The van der Waals surface area contributed by atoms with E-state index in [0.29, 0.717) is 12.0 Å². The third-order valence-electron chi connectivity index (χ3n) is 2.89. The van der Waals surface area contributed by atoms with E-state index in [9.17, 15) is 14.5 Å². The van der Waals surface area contributed by atoms with Gasteiger partial charge in [0.1, 0.15) is 5.82 Å². The summed E-state index contributed by atoms with van der Waals surface area (Å²) in [5.74, 6) is -0.485. The SMILES string of the molecule is O=[N+]([O-])c1ccccc1CC(Br)c1ccc(F)c(Cl)c1. The second-order valence-corrected chi connectivity index (χ2v) is 5.74. The molecule has 0 fully saturated rings. The van der Waals surface area contributed by atoms with Gasteiger partial charge in [0.05, 0.1) is 9.95 Å². The van der Waals surface area contributed by atoms with E-state index in [2.05, 4.69) is 15.9 Å². The smallest absolute Gasteiger partial charge is 0.258 e. The normalized spacial score (nSPS) is 12.2. The van der Waals surface area contributed by atoms with Crippen molar-refractivity contribution in [1.82, 2.24) is 0 Å². The van der Waals surface area contributed by atoms with E-state index in [0.717, 1.165) is 5.56 Å². The maximum atomic E-state index is 13.1. The van der Waals surface area contributed by atoms with Crippen LogP contribution in [0.25, 0.3) is 0 Å². The largest absolute Gasteiger partial charge is 0.272 e. The first-order chi connectivity index (χ1) is 9.49. The number of rotatable bonds is 4. The van der Waals surface area contributed by atoms with Crippen LogP contribution in [0, 0.1) is 15.9 Å². The van der Waals surface area contributed by atoms with Gasteiger partial charge in [-0.05, 0) is 24.1 Å². The second-order valence-electron chi connectivity index (χ2n) is 4.23. The molecule has 6 heteroatoms. The third kappa shape index (κ3) is 3.35. The molecule has 3 nitrogen and oxygen atoms in total. The summed E-state index contributed by atoms with van der Waals surface area (Å²) in [6.45, 7) is 0. The lowest BCUT2D eigenvalue weighted by Crippen LogP contribution is -2.00. The van der Waals surface area contributed by atoms with Crippen molar-refractivity contribution in [2.45, 2.75) is 11.2 Å². The molecule has 0 heterocycles. The lowest BCUT2D eigenvalue weighted by atomic mass is 10.0. The van der Waals surface area contributed by atoms with Crippen molar-refractivity contribution >= 4 is 33.2 Å². The fourth-order valence-corrected chi connectivity index (χ4v) is 2.70. The Bertz CT molecular complexity index is 651. The van der Waals surface area contributed by atoms with Crippen LogP contribution in [-0.4, -0.2) is 4.92 Å². The zero-order valence-electron chi connectivity index (χ0n) is 10.2. The molecule has 0 amide bonds. The molecule has 0 aliphatic rings. The van der Waals surface area contributed by atoms with Gasteiger partial charge in [0.25, 0.3) is 5.69 Å². The fraction of sp³-hybridized carbons (Fsp3) is 0.143. The van der Waals surface area contributed by atoms with Gasteiger partial charge in [-0.25, -0.2) is 4.39 Å². The summed E-state index contributed by atoms with van der Waals surface area (Å²) >= 11 is 9.20. The summed E-state index contributed by atoms with van der Waals surface area (Å²) in [6, 6.07) is 11.0. The van der Waals surface area contributed by atoms with Crippen molar-refractivity contribution in [2.24, 2.45) is 0 Å². The summed E-state index contributed by atoms with van der Waals surface area (Å²) in [5.41, 5.74) is 1.46. The molecule has 0 saturated heterocycles. The van der Waals surface area contributed by atoms with Crippen molar-refractivity contribution in [3.8, 4) is 0 Å². The highest BCUT2D eigenvalue weighted by atomic mass is 79.9. The molecule has 0 aliphatic heterocycles. The van der Waals surface area contributed by atoms with Crippen LogP contribution in [0.15, 0.2) is 42.5 Å². The van der Waals surface area contributed by atoms with Crippen LogP contribution < -0.4 is 0 Å². The molecule has 0 spiro atoms. The maximum Gasteiger partial charge on any atom is 0.272 e. The van der Waals surface area contributed by atoms with Crippen molar-refractivity contribution in [3.63, 3.8) is 0 Å². The van der Waals surface area contributed by atoms with Gasteiger partial charge in [-0.15, -0.1) is 0 Å². The number of para-hydroxylation sites is 1. The topological polar surface area (TPSA) is 43.1 Å². The van der Waals surface area contributed by atoms with Gasteiger partial charge < -0.3 is 0 Å². The fourth-order valence-electron chi connectivity index (χ4n) is 1.88. The Labute approximate surface area is 128 Å². The molecule has 2 rings (SSSR count). The highest BCUT2D eigenvalue weighted by Gasteiger charge is 2.17. The predicted molar refractivity (Wildman–Crippen MR) is 79.9 cm³/mol. The Morgan fingerprint density at radius 3 is 2.65 bits per heavy atom. The first-order valence-corrected chi connectivity index (χ1v) is 7.09. The zero-order valence-corrected chi connectivity index (χ0v) is 12.6. The van der Waals surface area contributed by atoms with Gasteiger partial charge in [-0.1, -0.05) is 51.8 Å². The van der Waals surface area contributed by atoms with Gasteiger partial charge >= 0.3 is 0 Å². The van der Waals surface area contributed by atoms with Crippen LogP contribution in [0.4, 0.5) is 10.1 Å². The number of benzene rings is 2. The Balaban J connectivity index is 2.25. The Morgan fingerprint density at radius 2 is 2.00 bits per heavy atom. The molecule has 2 aromatic carbocycles. The van der Waals surface area contributed by atoms with E-state index in [-0.39, 0.29) is 15.5 Å². The van der Waals surface area contributed by atoms with Gasteiger partial charge in [-0.2, -0.15) is 0 Å². The zero-order chi connectivity index (χ0) is 14.7. The number of halogens is 3. The Morgan fingerprint density at radius 1 is 1.30 bits per heavy atom. The number of nitro groups is 1. The average Bonchev–Trinajstić information content (AvgIpc) is 2.42. The Kier molecular flexibility index (Phi) is 4.73. The third-order valence-corrected chi connectivity index (χ3v) is 4.03. The molecule has 0 aromatic heterocycles. The molecule has 0 radical (unpaired) electrons. The number of alkyl halides is 1. The lowest BCUT2D eigenvalue weighted by Gasteiger charge is -2.11. The molecule has 0 N–H and O–H groups in total. The number of nitrogens with zero attached hydrogens (tertiary/aromatic N) is 1. The molecule has 20 heavy (non-hydrogen) atoms. The summed E-state index contributed by atoms with van der Waals surface area (Å²) in [4.78, 5) is 10.4. The van der Waals surface area contributed by atoms with Crippen LogP contribution in [-0.2, 0) is 6.42 Å². The minimum atomic E-state index is -0.485. The monoisotopic (exact) mass is 357 g/mol. The molecule has 1 atom stereocenters. The van der Waals surface area contributed by atoms with Crippen molar-refractivity contribution in [3.05, 3.63) is 74.5 Å². The van der Waals surface area contributed by atoms with Gasteiger partial charge in [0, 0.05) is 16.5 Å². The Hall–Kier alpha value is -1.46. The number of nitro benzene ring substituents is 1. The maximum absolute atomic E-state index is 13.1. The van der Waals surface area contributed by atoms with E-state index >= 15 is 0 Å². The first-order valence-electron chi connectivity index (χ1n) is 5.80. The van der Waals surface area contributed by atoms with Crippen LogP contribution in [0.2, 0.25) is 5.02 Å². The minimum absolute atomic E-state index is 0.0366. The van der Waals surface area contributed by atoms with Crippen LogP contribution >= 0.6 is 27.5 Å². The van der Waals surface area contributed by atoms with Crippen LogP contribution in [0.3, 0.4) is 0 Å². The second kappa shape index (κ2) is 6.33. The van der Waals surface area contributed by atoms with Gasteiger partial charge in [0.2, 0.25) is 0 Å². The molecule has 0 aliphatic carbocycles. The van der Waals surface area contributed by atoms with E-state index in [4.69, 9.17) is 11.6 Å². The van der Waals surface area contributed by atoms with Gasteiger partial charge in [0.15, 0.2) is 0 Å². The van der Waals surface area contributed by atoms with E-state index < -0.39 is 10.7 Å². The molecule has 104 valence electrons. The van der Waals surface area contributed by atoms with Crippen LogP contribution in [0.5, 0.6) is 0 Å². The standard InChI is InChI=1S/C14H10BrClFNO2/c15-11(9-5-6-13(17)12(16)8-9)7-10-3-1-2-4-14(10)18(19)20/h1-6,8,11H,7H2. The molecule has 1 unspecified atom stereocenters. The number of hydrogen-bond donors (Lipinski definition) is 0. The highest BCUT2D eigenvalue weighted by Crippen LogP contribution is 2.32. The molecule has 2 aromatic rings.